The van der Waals surface area contributed by atoms with E-state index < -0.39 is 11.8 Å². The summed E-state index contributed by atoms with van der Waals surface area (Å²) in [5.74, 6) is -0.997. The number of anilines is 1. The first kappa shape index (κ1) is 11.5. The number of carbonyl (C=O) groups is 1. The number of hydrogen-bond acceptors (Lipinski definition) is 5. The minimum Gasteiger partial charge on any atom is -0.465 e. The van der Waals surface area contributed by atoms with E-state index in [9.17, 15) is 9.18 Å². The van der Waals surface area contributed by atoms with Crippen molar-refractivity contribution < 1.29 is 13.9 Å². The molecule has 0 amide bonds. The van der Waals surface area contributed by atoms with Gasteiger partial charge >= 0.3 is 5.97 Å². The topological polar surface area (TPSA) is 65.2 Å². The molecule has 0 spiro atoms. The van der Waals surface area contributed by atoms with Crippen molar-refractivity contribution in [2.24, 2.45) is 0 Å². The summed E-state index contributed by atoms with van der Waals surface area (Å²) >= 11 is 0.896. The van der Waals surface area contributed by atoms with Gasteiger partial charge in [0.15, 0.2) is 4.88 Å². The molecule has 0 atom stereocenters. The van der Waals surface area contributed by atoms with Gasteiger partial charge in [0.25, 0.3) is 0 Å². The van der Waals surface area contributed by atoms with Gasteiger partial charge in [-0.3, -0.25) is 0 Å². The van der Waals surface area contributed by atoms with E-state index in [1.807, 2.05) is 0 Å². The second kappa shape index (κ2) is 4.50. The Morgan fingerprint density at radius 1 is 1.47 bits per heavy atom. The number of esters is 1. The number of methoxy groups -OCH3 is 1. The Kier molecular flexibility index (Phi) is 3.06. The van der Waals surface area contributed by atoms with Crippen molar-refractivity contribution in [2.45, 2.75) is 0 Å². The summed E-state index contributed by atoms with van der Waals surface area (Å²) in [4.78, 5) is 11.5. The van der Waals surface area contributed by atoms with Crippen LogP contribution in [0.15, 0.2) is 24.3 Å². The normalized spacial score (nSPS) is 10.2. The molecule has 0 aliphatic heterocycles. The van der Waals surface area contributed by atoms with Crippen LogP contribution in [0, 0.1) is 5.82 Å². The van der Waals surface area contributed by atoms with Crippen LogP contribution in [0.5, 0.6) is 0 Å². The van der Waals surface area contributed by atoms with Crippen LogP contribution in [0.2, 0.25) is 0 Å². The van der Waals surface area contributed by atoms with E-state index in [0.29, 0.717) is 0 Å². The third kappa shape index (κ3) is 1.99. The minimum absolute atomic E-state index is 0.145. The molecular formula is C11H9FN2O2S. The lowest BCUT2D eigenvalue weighted by molar-refractivity contribution is 0.0607. The molecule has 6 heteroatoms. The first-order valence-electron chi connectivity index (χ1n) is 4.73. The summed E-state index contributed by atoms with van der Waals surface area (Å²) in [5.41, 5.74) is 6.45. The van der Waals surface area contributed by atoms with Gasteiger partial charge in [-0.05, 0) is 23.7 Å². The lowest BCUT2D eigenvalue weighted by Gasteiger charge is -2.01. The van der Waals surface area contributed by atoms with Crippen molar-refractivity contribution in [1.29, 1.82) is 0 Å². The Labute approximate surface area is 101 Å². The number of nitrogens with zero attached hydrogens (tertiary/aromatic N) is 1. The summed E-state index contributed by atoms with van der Waals surface area (Å²) in [5, 5.41) is 0. The van der Waals surface area contributed by atoms with Crippen molar-refractivity contribution in [3.63, 3.8) is 0 Å². The molecule has 0 aliphatic carbocycles. The molecule has 2 rings (SSSR count). The largest absolute Gasteiger partial charge is 0.465 e. The molecule has 2 N–H and O–H groups in total. The molecule has 0 saturated carbocycles. The van der Waals surface area contributed by atoms with E-state index in [4.69, 9.17) is 5.73 Å². The predicted molar refractivity (Wildman–Crippen MR) is 63.3 cm³/mol. The smallest absolute Gasteiger partial charge is 0.351 e. The Morgan fingerprint density at radius 2 is 2.18 bits per heavy atom. The van der Waals surface area contributed by atoms with E-state index in [1.165, 1.54) is 13.2 Å². The molecule has 0 bridgehead atoms. The fourth-order valence-electron chi connectivity index (χ4n) is 1.38. The SMILES string of the molecule is COC(=O)c1snc(-c2ccccc2F)c1N. The molecule has 17 heavy (non-hydrogen) atoms. The molecule has 1 aromatic carbocycles. The van der Waals surface area contributed by atoms with Crippen molar-refractivity contribution >= 4 is 23.2 Å². The van der Waals surface area contributed by atoms with Crippen molar-refractivity contribution in [2.75, 3.05) is 12.8 Å². The molecule has 1 heterocycles. The second-order valence-corrected chi connectivity index (χ2v) is 4.02. The van der Waals surface area contributed by atoms with Crippen LogP contribution in [-0.2, 0) is 4.74 Å². The highest BCUT2D eigenvalue weighted by atomic mass is 32.1. The molecule has 0 unspecified atom stereocenters. The first-order chi connectivity index (χ1) is 8.15. The third-order valence-electron chi connectivity index (χ3n) is 2.23. The Hall–Kier alpha value is -1.95. The Balaban J connectivity index is 2.52. The third-order valence-corrected chi connectivity index (χ3v) is 3.07. The van der Waals surface area contributed by atoms with E-state index in [-0.39, 0.29) is 21.8 Å². The minimum atomic E-state index is -0.567. The van der Waals surface area contributed by atoms with E-state index in [1.54, 1.807) is 18.2 Å². The summed E-state index contributed by atoms with van der Waals surface area (Å²) < 4.78 is 22.1. The van der Waals surface area contributed by atoms with Gasteiger partial charge < -0.3 is 10.5 Å². The number of aromatic nitrogens is 1. The van der Waals surface area contributed by atoms with Crippen molar-refractivity contribution in [1.82, 2.24) is 4.37 Å². The monoisotopic (exact) mass is 252 g/mol. The van der Waals surface area contributed by atoms with Crippen LogP contribution in [-0.4, -0.2) is 17.5 Å². The molecule has 4 nitrogen and oxygen atoms in total. The molecule has 0 fully saturated rings. The van der Waals surface area contributed by atoms with E-state index in [0.717, 1.165) is 11.5 Å². The maximum atomic E-state index is 13.5. The fourth-order valence-corrected chi connectivity index (χ4v) is 2.12. The number of nitrogens with two attached hydrogens (primary N) is 1. The van der Waals surface area contributed by atoms with Gasteiger partial charge in [-0.15, -0.1) is 0 Å². The maximum absolute atomic E-state index is 13.5. The average Bonchev–Trinajstić information content (AvgIpc) is 2.71. The highest BCUT2D eigenvalue weighted by molar-refractivity contribution is 7.09. The van der Waals surface area contributed by atoms with Crippen molar-refractivity contribution in [3.05, 3.63) is 35.0 Å². The summed E-state index contributed by atoms with van der Waals surface area (Å²) in [6.45, 7) is 0. The quantitative estimate of drug-likeness (QED) is 0.833. The van der Waals surface area contributed by atoms with Gasteiger partial charge in [-0.25, -0.2) is 9.18 Å². The fraction of sp³-hybridized carbons (Fsp3) is 0.0909. The predicted octanol–water partition coefficient (Wildman–Crippen LogP) is 2.32. The highest BCUT2D eigenvalue weighted by Gasteiger charge is 2.20. The lowest BCUT2D eigenvalue weighted by Crippen LogP contribution is -2.02. The van der Waals surface area contributed by atoms with Gasteiger partial charge in [-0.1, -0.05) is 12.1 Å². The number of carbonyl (C=O) groups excluding carboxylic acids is 1. The van der Waals surface area contributed by atoms with Crippen molar-refractivity contribution in [3.8, 4) is 11.3 Å². The maximum Gasteiger partial charge on any atom is 0.351 e. The van der Waals surface area contributed by atoms with Crippen LogP contribution < -0.4 is 5.73 Å². The summed E-state index contributed by atoms with van der Waals surface area (Å²) in [7, 11) is 1.25. The van der Waals surface area contributed by atoms with Crippen LogP contribution >= 0.6 is 11.5 Å². The highest BCUT2D eigenvalue weighted by Crippen LogP contribution is 2.32. The molecule has 88 valence electrons. The zero-order valence-electron chi connectivity index (χ0n) is 8.94. The van der Waals surface area contributed by atoms with Crippen LogP contribution in [0.1, 0.15) is 9.67 Å². The molecule has 0 saturated heterocycles. The molecule has 0 radical (unpaired) electrons. The number of hydrogen-bond donors (Lipinski definition) is 1. The van der Waals surface area contributed by atoms with Crippen LogP contribution in [0.25, 0.3) is 11.3 Å². The number of ether oxygens (including phenoxy) is 1. The Bertz CT molecular complexity index is 568. The van der Waals surface area contributed by atoms with E-state index in [2.05, 4.69) is 9.11 Å². The van der Waals surface area contributed by atoms with Gasteiger partial charge in [0.2, 0.25) is 0 Å². The first-order valence-corrected chi connectivity index (χ1v) is 5.51. The molecule has 0 aliphatic rings. The van der Waals surface area contributed by atoms with Crippen LogP contribution in [0.4, 0.5) is 10.1 Å². The zero-order chi connectivity index (χ0) is 12.4. The van der Waals surface area contributed by atoms with Crippen LogP contribution in [0.3, 0.4) is 0 Å². The number of nitrogen functional groups attached to an aromatic ring is 1. The van der Waals surface area contributed by atoms with Gasteiger partial charge in [0.1, 0.15) is 11.5 Å². The number of halogens is 1. The molecule has 2 aromatic rings. The van der Waals surface area contributed by atoms with Gasteiger partial charge in [0.05, 0.1) is 12.8 Å². The number of rotatable bonds is 2. The summed E-state index contributed by atoms with van der Waals surface area (Å²) in [6, 6.07) is 6.12. The average molecular weight is 252 g/mol. The number of benzene rings is 1. The van der Waals surface area contributed by atoms with E-state index >= 15 is 0 Å². The molecule has 1 aromatic heterocycles. The second-order valence-electron chi connectivity index (χ2n) is 3.25. The van der Waals surface area contributed by atoms with Gasteiger partial charge in [-0.2, -0.15) is 4.37 Å². The lowest BCUT2D eigenvalue weighted by atomic mass is 10.1. The summed E-state index contributed by atoms with van der Waals surface area (Å²) in [6.07, 6.45) is 0. The zero-order valence-corrected chi connectivity index (χ0v) is 9.75. The Morgan fingerprint density at radius 3 is 2.82 bits per heavy atom. The standard InChI is InChI=1S/C11H9FN2O2S/c1-16-11(15)10-8(13)9(14-17-10)6-4-2-3-5-7(6)12/h2-5H,13H2,1H3. The van der Waals surface area contributed by atoms with Gasteiger partial charge in [0, 0.05) is 5.56 Å². The molecular weight excluding hydrogens is 243 g/mol.